The Morgan fingerprint density at radius 2 is 2.22 bits per heavy atom. The monoisotopic (exact) mass is 309 g/mol. The maximum absolute atomic E-state index is 11.7. The van der Waals surface area contributed by atoms with Crippen molar-refractivity contribution in [2.24, 2.45) is 11.8 Å². The highest BCUT2D eigenvalue weighted by atomic mass is 16.5. The zero-order valence-electron chi connectivity index (χ0n) is 13.5. The maximum atomic E-state index is 11.7. The van der Waals surface area contributed by atoms with Crippen molar-refractivity contribution < 1.29 is 9.53 Å². The first kappa shape index (κ1) is 14.7. The number of carbonyl (C=O) groups is 1. The van der Waals surface area contributed by atoms with Crippen LogP contribution in [0.4, 0.5) is 5.69 Å². The molecule has 1 aromatic rings. The standard InChI is InChI=1S/C20H23NO2/c1-13(22)15-9-10-18-17(12-15)20-16(8-5-11-23-20)19(21-18)14-6-3-2-4-7-14/h2-4,6,9-10,12,14,16,19-21H,5,7-8,11H2,1H3/t14?,16-,19-,20-/m0/s1. The van der Waals surface area contributed by atoms with Crippen LogP contribution in [0.15, 0.2) is 42.5 Å². The quantitative estimate of drug-likeness (QED) is 0.829. The average molecular weight is 309 g/mol. The van der Waals surface area contributed by atoms with Crippen LogP contribution >= 0.6 is 0 Å². The number of rotatable bonds is 2. The summed E-state index contributed by atoms with van der Waals surface area (Å²) >= 11 is 0. The predicted octanol–water partition coefficient (Wildman–Crippen LogP) is 4.28. The molecule has 1 unspecified atom stereocenters. The van der Waals surface area contributed by atoms with E-state index in [-0.39, 0.29) is 11.9 Å². The SMILES string of the molecule is CC(=O)c1ccc2c(c1)[C@H]1OCCC[C@H]1[C@H](C1C=CC=CC1)N2. The van der Waals surface area contributed by atoms with Crippen LogP contribution in [0.1, 0.15) is 48.2 Å². The van der Waals surface area contributed by atoms with Gasteiger partial charge >= 0.3 is 0 Å². The number of hydrogen-bond donors (Lipinski definition) is 1. The number of allylic oxidation sites excluding steroid dienone is 3. The van der Waals surface area contributed by atoms with Gasteiger partial charge in [0.25, 0.3) is 0 Å². The van der Waals surface area contributed by atoms with Crippen LogP contribution in [0.3, 0.4) is 0 Å². The fraction of sp³-hybridized carbons (Fsp3) is 0.450. The minimum atomic E-state index is 0.114. The number of fused-ring (bicyclic) bond motifs is 3. The van der Waals surface area contributed by atoms with Crippen molar-refractivity contribution in [3.63, 3.8) is 0 Å². The van der Waals surface area contributed by atoms with Crippen molar-refractivity contribution in [1.82, 2.24) is 0 Å². The van der Waals surface area contributed by atoms with Crippen LogP contribution in [0.2, 0.25) is 0 Å². The van der Waals surface area contributed by atoms with E-state index >= 15 is 0 Å². The molecule has 4 atom stereocenters. The Kier molecular flexibility index (Phi) is 3.82. The van der Waals surface area contributed by atoms with Crippen LogP contribution in [-0.4, -0.2) is 18.4 Å². The van der Waals surface area contributed by atoms with Crippen molar-refractivity contribution in [1.29, 1.82) is 0 Å². The number of nitrogens with one attached hydrogen (secondary N) is 1. The van der Waals surface area contributed by atoms with E-state index < -0.39 is 0 Å². The Morgan fingerprint density at radius 1 is 1.30 bits per heavy atom. The van der Waals surface area contributed by atoms with Gasteiger partial charge in [-0.3, -0.25) is 4.79 Å². The molecule has 0 saturated carbocycles. The maximum Gasteiger partial charge on any atom is 0.159 e. The van der Waals surface area contributed by atoms with Gasteiger partial charge in [-0.15, -0.1) is 0 Å². The fourth-order valence-electron chi connectivity index (χ4n) is 4.22. The third-order valence-corrected chi connectivity index (χ3v) is 5.39. The molecule has 23 heavy (non-hydrogen) atoms. The summed E-state index contributed by atoms with van der Waals surface area (Å²) in [6.07, 6.45) is 12.3. The third kappa shape index (κ3) is 2.63. The van der Waals surface area contributed by atoms with Crippen LogP contribution < -0.4 is 5.32 Å². The van der Waals surface area contributed by atoms with Gasteiger partial charge in [0.1, 0.15) is 0 Å². The molecule has 0 spiro atoms. The predicted molar refractivity (Wildman–Crippen MR) is 91.7 cm³/mol. The van der Waals surface area contributed by atoms with Crippen LogP contribution in [0.25, 0.3) is 0 Å². The topological polar surface area (TPSA) is 38.3 Å². The van der Waals surface area contributed by atoms with Gasteiger partial charge in [-0.1, -0.05) is 24.3 Å². The highest BCUT2D eigenvalue weighted by molar-refractivity contribution is 5.94. The van der Waals surface area contributed by atoms with E-state index in [9.17, 15) is 4.79 Å². The Morgan fingerprint density at radius 3 is 3.00 bits per heavy atom. The second kappa shape index (κ2) is 5.97. The third-order valence-electron chi connectivity index (χ3n) is 5.39. The molecule has 120 valence electrons. The number of carbonyl (C=O) groups excluding carboxylic acids is 1. The van der Waals surface area contributed by atoms with E-state index in [1.54, 1.807) is 6.92 Å². The number of benzene rings is 1. The van der Waals surface area contributed by atoms with Crippen molar-refractivity contribution in [2.75, 3.05) is 11.9 Å². The van der Waals surface area contributed by atoms with E-state index in [1.165, 1.54) is 6.42 Å². The molecule has 3 nitrogen and oxygen atoms in total. The molecule has 1 aromatic carbocycles. The summed E-state index contributed by atoms with van der Waals surface area (Å²) in [6, 6.07) is 6.40. The van der Waals surface area contributed by atoms with Crippen molar-refractivity contribution >= 4 is 11.5 Å². The van der Waals surface area contributed by atoms with Gasteiger partial charge in [0, 0.05) is 41.3 Å². The lowest BCUT2D eigenvalue weighted by atomic mass is 9.73. The highest BCUT2D eigenvalue weighted by Gasteiger charge is 2.41. The average Bonchev–Trinajstić information content (AvgIpc) is 2.61. The minimum Gasteiger partial charge on any atom is -0.381 e. The second-order valence-corrected chi connectivity index (χ2v) is 6.84. The second-order valence-electron chi connectivity index (χ2n) is 6.84. The Balaban J connectivity index is 1.72. The van der Waals surface area contributed by atoms with Gasteiger partial charge in [-0.05, 0) is 44.4 Å². The molecule has 1 saturated heterocycles. The minimum absolute atomic E-state index is 0.114. The molecule has 0 bridgehead atoms. The molecule has 0 amide bonds. The molecule has 3 heteroatoms. The fourth-order valence-corrected chi connectivity index (χ4v) is 4.22. The highest BCUT2D eigenvalue weighted by Crippen LogP contribution is 2.46. The van der Waals surface area contributed by atoms with E-state index in [2.05, 4.69) is 35.7 Å². The van der Waals surface area contributed by atoms with Crippen LogP contribution in [-0.2, 0) is 4.74 Å². The summed E-state index contributed by atoms with van der Waals surface area (Å²) in [5.74, 6) is 1.09. The van der Waals surface area contributed by atoms with Crippen LogP contribution in [0, 0.1) is 11.8 Å². The molecule has 3 aliphatic rings. The molecule has 1 fully saturated rings. The molecule has 1 aliphatic carbocycles. The normalized spacial score (nSPS) is 31.9. The largest absolute Gasteiger partial charge is 0.381 e. The number of Topliss-reactive ketones (excluding diaryl/α,β-unsaturated/α-hetero) is 1. The Bertz CT molecular complexity index is 676. The van der Waals surface area contributed by atoms with E-state index in [1.807, 2.05) is 12.1 Å². The summed E-state index contributed by atoms with van der Waals surface area (Å²) in [5, 5.41) is 3.76. The Hall–Kier alpha value is -1.87. The summed E-state index contributed by atoms with van der Waals surface area (Å²) in [4.78, 5) is 11.7. The number of ether oxygens (including phenoxy) is 1. The summed E-state index contributed by atoms with van der Waals surface area (Å²) in [7, 11) is 0. The lowest BCUT2D eigenvalue weighted by molar-refractivity contribution is -0.0418. The molecule has 0 radical (unpaired) electrons. The van der Waals surface area contributed by atoms with Crippen molar-refractivity contribution in [3.8, 4) is 0 Å². The molecule has 2 heterocycles. The summed E-state index contributed by atoms with van der Waals surface area (Å²) in [6.45, 7) is 2.44. The molecule has 4 rings (SSSR count). The lowest BCUT2D eigenvalue weighted by Crippen LogP contribution is -2.45. The van der Waals surface area contributed by atoms with Gasteiger partial charge < -0.3 is 10.1 Å². The van der Waals surface area contributed by atoms with Crippen LogP contribution in [0.5, 0.6) is 0 Å². The zero-order chi connectivity index (χ0) is 15.8. The van der Waals surface area contributed by atoms with Gasteiger partial charge in [0.2, 0.25) is 0 Å². The lowest BCUT2D eigenvalue weighted by Gasteiger charge is -2.45. The molecule has 1 N–H and O–H groups in total. The first-order valence-corrected chi connectivity index (χ1v) is 8.60. The van der Waals surface area contributed by atoms with E-state index in [4.69, 9.17) is 4.74 Å². The van der Waals surface area contributed by atoms with Gasteiger partial charge in [0.15, 0.2) is 5.78 Å². The summed E-state index contributed by atoms with van der Waals surface area (Å²) < 4.78 is 6.17. The first-order valence-electron chi connectivity index (χ1n) is 8.60. The van der Waals surface area contributed by atoms with E-state index in [0.717, 1.165) is 36.3 Å². The molecular weight excluding hydrogens is 286 g/mol. The first-order chi connectivity index (χ1) is 11.2. The summed E-state index contributed by atoms with van der Waals surface area (Å²) in [5.41, 5.74) is 3.07. The smallest absolute Gasteiger partial charge is 0.159 e. The van der Waals surface area contributed by atoms with Gasteiger partial charge in [-0.2, -0.15) is 0 Å². The van der Waals surface area contributed by atoms with Crippen molar-refractivity contribution in [3.05, 3.63) is 53.6 Å². The zero-order valence-corrected chi connectivity index (χ0v) is 13.5. The number of hydrogen-bond acceptors (Lipinski definition) is 3. The van der Waals surface area contributed by atoms with Crippen molar-refractivity contribution in [2.45, 2.75) is 38.3 Å². The van der Waals surface area contributed by atoms with Gasteiger partial charge in [-0.25, -0.2) is 0 Å². The number of anilines is 1. The molecule has 0 aromatic heterocycles. The molecule has 2 aliphatic heterocycles. The molecular formula is C20H23NO2. The number of ketones is 1. The Labute approximate surface area is 137 Å². The van der Waals surface area contributed by atoms with Gasteiger partial charge in [0.05, 0.1) is 6.10 Å². The van der Waals surface area contributed by atoms with E-state index in [0.29, 0.717) is 17.9 Å².